The van der Waals surface area contributed by atoms with E-state index in [0.717, 1.165) is 4.90 Å². The first-order valence-electron chi connectivity index (χ1n) is 9.55. The number of imide groups is 1. The maximum atomic E-state index is 13.1. The minimum absolute atomic E-state index is 0.00773. The van der Waals surface area contributed by atoms with Crippen molar-refractivity contribution in [1.82, 2.24) is 10.2 Å². The highest BCUT2D eigenvalue weighted by Crippen LogP contribution is 2.31. The number of ketones is 2. The van der Waals surface area contributed by atoms with Crippen LogP contribution in [-0.2, 0) is 16.1 Å². The summed E-state index contributed by atoms with van der Waals surface area (Å²) in [4.78, 5) is 63.2. The first-order chi connectivity index (χ1) is 14.8. The molecule has 1 aliphatic heterocycles. The molecule has 3 amide bonds. The van der Waals surface area contributed by atoms with Crippen molar-refractivity contribution < 1.29 is 24.0 Å². The van der Waals surface area contributed by atoms with Crippen molar-refractivity contribution in [3.05, 3.63) is 68.7 Å². The second kappa shape index (κ2) is 8.24. The number of hydrogen-bond acceptors (Lipinski definition) is 5. The van der Waals surface area contributed by atoms with E-state index in [2.05, 4.69) is 5.32 Å². The van der Waals surface area contributed by atoms with Gasteiger partial charge in [-0.25, -0.2) is 0 Å². The molecule has 158 valence electrons. The van der Waals surface area contributed by atoms with Gasteiger partial charge in [0.25, 0.3) is 17.7 Å². The van der Waals surface area contributed by atoms with Crippen LogP contribution < -0.4 is 5.32 Å². The van der Waals surface area contributed by atoms with Crippen LogP contribution in [-0.4, -0.2) is 40.2 Å². The molecule has 2 aliphatic rings. The molecule has 1 unspecified atom stereocenters. The fourth-order valence-corrected chi connectivity index (χ4v) is 4.15. The molecule has 2 aromatic rings. The van der Waals surface area contributed by atoms with E-state index in [4.69, 9.17) is 23.2 Å². The van der Waals surface area contributed by atoms with E-state index < -0.39 is 29.5 Å². The molecule has 0 saturated heterocycles. The van der Waals surface area contributed by atoms with Gasteiger partial charge < -0.3 is 5.32 Å². The summed E-state index contributed by atoms with van der Waals surface area (Å²) in [6, 6.07) is 8.27. The molecule has 0 bridgehead atoms. The zero-order valence-electron chi connectivity index (χ0n) is 16.1. The van der Waals surface area contributed by atoms with E-state index in [1.165, 1.54) is 24.3 Å². The molecule has 4 rings (SSSR count). The van der Waals surface area contributed by atoms with Crippen molar-refractivity contribution in [2.75, 3.05) is 0 Å². The van der Waals surface area contributed by atoms with E-state index in [9.17, 15) is 24.0 Å². The number of halogens is 2. The van der Waals surface area contributed by atoms with Gasteiger partial charge in [0, 0.05) is 18.5 Å². The molecule has 31 heavy (non-hydrogen) atoms. The summed E-state index contributed by atoms with van der Waals surface area (Å²) >= 11 is 11.8. The molecule has 1 saturated carbocycles. The lowest BCUT2D eigenvalue weighted by molar-refractivity contribution is -0.132. The predicted octanol–water partition coefficient (Wildman–Crippen LogP) is 3.21. The third-order valence-electron chi connectivity index (χ3n) is 5.41. The quantitative estimate of drug-likeness (QED) is 0.559. The molecule has 1 atom stereocenters. The zero-order valence-corrected chi connectivity index (χ0v) is 17.6. The maximum absolute atomic E-state index is 13.1. The normalized spacial score (nSPS) is 18.4. The van der Waals surface area contributed by atoms with Crippen molar-refractivity contribution in [1.29, 1.82) is 0 Å². The molecule has 1 heterocycles. The predicted molar refractivity (Wildman–Crippen MR) is 112 cm³/mol. The molecule has 0 spiro atoms. The first-order valence-corrected chi connectivity index (χ1v) is 10.3. The molecule has 7 nitrogen and oxygen atoms in total. The van der Waals surface area contributed by atoms with Gasteiger partial charge in [0.1, 0.15) is 5.78 Å². The summed E-state index contributed by atoms with van der Waals surface area (Å²) in [5.41, 5.74) is 1.08. The number of nitrogens with zero attached hydrogens (tertiary/aromatic N) is 1. The van der Waals surface area contributed by atoms with Crippen LogP contribution in [0.15, 0.2) is 36.4 Å². The van der Waals surface area contributed by atoms with Crippen LogP contribution in [0.25, 0.3) is 0 Å². The van der Waals surface area contributed by atoms with Gasteiger partial charge in [-0.15, -0.1) is 0 Å². The molecule has 9 heteroatoms. The second-order valence-electron chi connectivity index (χ2n) is 7.37. The van der Waals surface area contributed by atoms with Crippen LogP contribution in [0.5, 0.6) is 0 Å². The van der Waals surface area contributed by atoms with E-state index >= 15 is 0 Å². The van der Waals surface area contributed by atoms with Gasteiger partial charge in [-0.2, -0.15) is 0 Å². The third kappa shape index (κ3) is 3.86. The minimum atomic E-state index is -0.941. The number of Topliss-reactive ketones (excluding diaryl/α,β-unsaturated/α-hetero) is 2. The number of rotatable bonds is 4. The van der Waals surface area contributed by atoms with Gasteiger partial charge in [-0.05, 0) is 36.2 Å². The third-order valence-corrected chi connectivity index (χ3v) is 6.14. The summed E-state index contributed by atoms with van der Waals surface area (Å²) in [6.45, 7) is -0.00773. The maximum Gasteiger partial charge on any atom is 0.262 e. The van der Waals surface area contributed by atoms with Crippen molar-refractivity contribution in [2.45, 2.75) is 31.8 Å². The van der Waals surface area contributed by atoms with Crippen LogP contribution in [0.1, 0.15) is 55.9 Å². The van der Waals surface area contributed by atoms with Crippen LogP contribution >= 0.6 is 23.2 Å². The summed E-state index contributed by atoms with van der Waals surface area (Å²) < 4.78 is 0. The second-order valence-corrected chi connectivity index (χ2v) is 8.18. The summed E-state index contributed by atoms with van der Waals surface area (Å²) in [7, 11) is 0. The Morgan fingerprint density at radius 2 is 1.81 bits per heavy atom. The Hall–Kier alpha value is -3.03. The summed E-state index contributed by atoms with van der Waals surface area (Å²) in [5, 5.41) is 3.26. The zero-order chi connectivity index (χ0) is 22.3. The van der Waals surface area contributed by atoms with Gasteiger partial charge >= 0.3 is 0 Å². The van der Waals surface area contributed by atoms with Gasteiger partial charge in [-0.3, -0.25) is 28.9 Å². The van der Waals surface area contributed by atoms with Crippen molar-refractivity contribution >= 4 is 52.5 Å². The van der Waals surface area contributed by atoms with Gasteiger partial charge in [-0.1, -0.05) is 35.3 Å². The summed E-state index contributed by atoms with van der Waals surface area (Å²) in [6.07, 6.45) is 0.00749. The van der Waals surface area contributed by atoms with Crippen LogP contribution in [0, 0.1) is 0 Å². The fraction of sp³-hybridized carbons (Fsp3) is 0.227. The number of nitrogens with one attached hydrogen (secondary N) is 1. The van der Waals surface area contributed by atoms with E-state index in [-0.39, 0.29) is 47.7 Å². The highest BCUT2D eigenvalue weighted by molar-refractivity contribution is 6.42. The van der Waals surface area contributed by atoms with Crippen molar-refractivity contribution in [2.24, 2.45) is 0 Å². The average Bonchev–Trinajstić information content (AvgIpc) is 2.99. The average molecular weight is 459 g/mol. The van der Waals surface area contributed by atoms with Gasteiger partial charge in [0.05, 0.1) is 33.6 Å². The molecule has 2 aromatic carbocycles. The van der Waals surface area contributed by atoms with Crippen molar-refractivity contribution in [3.63, 3.8) is 0 Å². The van der Waals surface area contributed by atoms with Crippen LogP contribution in [0.2, 0.25) is 10.0 Å². The largest absolute Gasteiger partial charge is 0.348 e. The highest BCUT2D eigenvalue weighted by atomic mass is 35.5. The Balaban J connectivity index is 1.56. The van der Waals surface area contributed by atoms with Gasteiger partial charge in [0.2, 0.25) is 0 Å². The van der Waals surface area contributed by atoms with Crippen LogP contribution in [0.4, 0.5) is 0 Å². The van der Waals surface area contributed by atoms with Crippen LogP contribution in [0.3, 0.4) is 0 Å². The first kappa shape index (κ1) is 21.2. The molecule has 0 radical (unpaired) electrons. The number of amides is 3. The van der Waals surface area contributed by atoms with E-state index in [1.807, 2.05) is 0 Å². The number of benzene rings is 2. The molecular formula is C22H16Cl2N2O5. The lowest BCUT2D eigenvalue weighted by atomic mass is 9.92. The number of carbonyl (C=O) groups is 5. The van der Waals surface area contributed by atoms with E-state index in [0.29, 0.717) is 16.1 Å². The number of carbonyl (C=O) groups excluding carboxylic acids is 5. The monoisotopic (exact) mass is 458 g/mol. The standard InChI is InChI=1S/C22H16Cl2N2O5/c23-15-6-4-11(8-16(15)24)20(29)25-10-12-2-1-3-14-19(12)22(31)26(21(14)30)17-7-5-13(27)9-18(17)28/h1-4,6,8,17H,5,7,9-10H2,(H,25,29). The number of hydrogen-bond donors (Lipinski definition) is 1. The highest BCUT2D eigenvalue weighted by Gasteiger charge is 2.45. The minimum Gasteiger partial charge on any atom is -0.348 e. The Bertz CT molecular complexity index is 1160. The van der Waals surface area contributed by atoms with Crippen molar-refractivity contribution in [3.8, 4) is 0 Å². The lowest BCUT2D eigenvalue weighted by Gasteiger charge is -2.27. The molecule has 1 N–H and O–H groups in total. The topological polar surface area (TPSA) is 101 Å². The van der Waals surface area contributed by atoms with E-state index in [1.54, 1.807) is 12.1 Å². The molecule has 0 aromatic heterocycles. The molecule has 1 fully saturated rings. The smallest absolute Gasteiger partial charge is 0.262 e. The fourth-order valence-electron chi connectivity index (χ4n) is 3.85. The Morgan fingerprint density at radius 3 is 2.52 bits per heavy atom. The lowest BCUT2D eigenvalue weighted by Crippen LogP contribution is -2.47. The summed E-state index contributed by atoms with van der Waals surface area (Å²) in [5.74, 6) is -2.20. The van der Waals surface area contributed by atoms with Gasteiger partial charge in [0.15, 0.2) is 5.78 Å². The SMILES string of the molecule is O=C1CCC(N2C(=O)c3cccc(CNC(=O)c4ccc(Cl)c(Cl)c4)c3C2=O)C(=O)C1. The Morgan fingerprint density at radius 1 is 1.03 bits per heavy atom. The Labute approximate surface area is 187 Å². The molecule has 1 aliphatic carbocycles. The number of fused-ring (bicyclic) bond motifs is 1. The molecular weight excluding hydrogens is 443 g/mol. The Kier molecular flexibility index (Phi) is 5.64.